The Labute approximate surface area is 131 Å². The third-order valence-corrected chi connectivity index (χ3v) is 5.08. The van der Waals surface area contributed by atoms with Crippen LogP contribution in [0.5, 0.6) is 0 Å². The summed E-state index contributed by atoms with van der Waals surface area (Å²) >= 11 is 1.41. The SMILES string of the molecule is CCC(Sc1nnc(CO)n1C1CC1)c1ccc(F)cc1F. The quantitative estimate of drug-likeness (QED) is 0.824. The Morgan fingerprint density at radius 3 is 2.73 bits per heavy atom. The van der Waals surface area contributed by atoms with Crippen LogP contribution in [0.25, 0.3) is 0 Å². The molecule has 1 heterocycles. The van der Waals surface area contributed by atoms with Gasteiger partial charge < -0.3 is 9.67 Å². The predicted molar refractivity (Wildman–Crippen MR) is 79.5 cm³/mol. The molecule has 1 aliphatic carbocycles. The Morgan fingerprint density at radius 2 is 2.14 bits per heavy atom. The molecule has 1 aromatic carbocycles. The maximum Gasteiger partial charge on any atom is 0.192 e. The van der Waals surface area contributed by atoms with E-state index in [-0.39, 0.29) is 11.9 Å². The zero-order chi connectivity index (χ0) is 15.7. The van der Waals surface area contributed by atoms with Gasteiger partial charge in [-0.15, -0.1) is 10.2 Å². The van der Waals surface area contributed by atoms with Crippen LogP contribution in [-0.4, -0.2) is 19.9 Å². The molecule has 7 heteroatoms. The van der Waals surface area contributed by atoms with E-state index in [0.717, 1.165) is 18.9 Å². The highest BCUT2D eigenvalue weighted by molar-refractivity contribution is 7.99. The molecule has 22 heavy (non-hydrogen) atoms. The first-order chi connectivity index (χ1) is 10.6. The van der Waals surface area contributed by atoms with Gasteiger partial charge in [0.2, 0.25) is 0 Å². The average molecular weight is 325 g/mol. The summed E-state index contributed by atoms with van der Waals surface area (Å²) in [5.74, 6) is -0.580. The van der Waals surface area contributed by atoms with Gasteiger partial charge >= 0.3 is 0 Å². The van der Waals surface area contributed by atoms with Crippen LogP contribution in [0.1, 0.15) is 48.9 Å². The van der Waals surface area contributed by atoms with Gasteiger partial charge in [-0.3, -0.25) is 0 Å². The largest absolute Gasteiger partial charge is 0.388 e. The third-order valence-electron chi connectivity index (χ3n) is 3.72. The molecule has 118 valence electrons. The van der Waals surface area contributed by atoms with Crippen molar-refractivity contribution in [2.75, 3.05) is 0 Å². The first-order valence-electron chi connectivity index (χ1n) is 7.30. The van der Waals surface area contributed by atoms with Gasteiger partial charge in [0.15, 0.2) is 11.0 Å². The Morgan fingerprint density at radius 1 is 1.36 bits per heavy atom. The normalized spacial score (nSPS) is 16.0. The minimum absolute atomic E-state index is 0.161. The molecule has 4 nitrogen and oxygen atoms in total. The van der Waals surface area contributed by atoms with Gasteiger partial charge in [-0.05, 0) is 25.3 Å². The number of halogens is 2. The van der Waals surface area contributed by atoms with Gasteiger partial charge in [0.25, 0.3) is 0 Å². The van der Waals surface area contributed by atoms with Crippen molar-refractivity contribution in [1.82, 2.24) is 14.8 Å². The van der Waals surface area contributed by atoms with Crippen LogP contribution >= 0.6 is 11.8 Å². The summed E-state index contributed by atoms with van der Waals surface area (Å²) in [6, 6.07) is 3.99. The Balaban J connectivity index is 1.88. The number of aliphatic hydroxyl groups is 1. The molecule has 3 rings (SSSR count). The predicted octanol–water partition coefficient (Wildman–Crippen LogP) is 3.63. The second-order valence-corrected chi connectivity index (χ2v) is 6.51. The van der Waals surface area contributed by atoms with Crippen molar-refractivity contribution in [2.24, 2.45) is 0 Å². The molecule has 1 aromatic heterocycles. The number of aliphatic hydroxyl groups excluding tert-OH is 1. The average Bonchev–Trinajstić information content (AvgIpc) is 3.26. The van der Waals surface area contributed by atoms with Crippen LogP contribution in [0.3, 0.4) is 0 Å². The molecule has 1 aliphatic rings. The number of hydrogen-bond acceptors (Lipinski definition) is 4. The lowest BCUT2D eigenvalue weighted by Gasteiger charge is -2.16. The zero-order valence-electron chi connectivity index (χ0n) is 12.2. The topological polar surface area (TPSA) is 50.9 Å². The maximum atomic E-state index is 14.0. The number of benzene rings is 1. The van der Waals surface area contributed by atoms with E-state index in [9.17, 15) is 13.9 Å². The van der Waals surface area contributed by atoms with Crippen molar-refractivity contribution < 1.29 is 13.9 Å². The summed E-state index contributed by atoms with van der Waals surface area (Å²) in [6.45, 7) is 1.79. The van der Waals surface area contributed by atoms with E-state index in [0.29, 0.717) is 29.0 Å². The van der Waals surface area contributed by atoms with Crippen LogP contribution in [0.15, 0.2) is 23.4 Å². The van der Waals surface area contributed by atoms with Gasteiger partial charge in [0.05, 0.1) is 0 Å². The highest BCUT2D eigenvalue weighted by atomic mass is 32.2. The third kappa shape index (κ3) is 3.01. The van der Waals surface area contributed by atoms with Crippen LogP contribution in [0.2, 0.25) is 0 Å². The fraction of sp³-hybridized carbons (Fsp3) is 0.467. The summed E-state index contributed by atoms with van der Waals surface area (Å²) in [5.41, 5.74) is 0.463. The lowest BCUT2D eigenvalue weighted by molar-refractivity contribution is 0.263. The van der Waals surface area contributed by atoms with Crippen LogP contribution in [-0.2, 0) is 6.61 Å². The lowest BCUT2D eigenvalue weighted by Crippen LogP contribution is -2.05. The smallest absolute Gasteiger partial charge is 0.192 e. The summed E-state index contributed by atoms with van der Waals surface area (Å²) in [7, 11) is 0. The fourth-order valence-electron chi connectivity index (χ4n) is 2.45. The van der Waals surface area contributed by atoms with Crippen LogP contribution in [0.4, 0.5) is 8.78 Å². The molecule has 0 amide bonds. The van der Waals surface area contributed by atoms with E-state index < -0.39 is 11.6 Å². The van der Waals surface area contributed by atoms with E-state index in [1.54, 1.807) is 0 Å². The molecule has 0 spiro atoms. The molecular weight excluding hydrogens is 308 g/mol. The second kappa shape index (κ2) is 6.34. The molecule has 1 fully saturated rings. The standard InChI is InChI=1S/C15H17F2N3OS/c1-2-13(11-6-3-9(16)7-12(11)17)22-15-19-18-14(8-21)20(15)10-4-5-10/h3,6-7,10,13,21H,2,4-5,8H2,1H3. The summed E-state index contributed by atoms with van der Waals surface area (Å²) < 4.78 is 29.0. The Kier molecular flexibility index (Phi) is 4.44. The monoisotopic (exact) mass is 325 g/mol. The molecule has 1 saturated carbocycles. The summed E-state index contributed by atoms with van der Waals surface area (Å²) in [4.78, 5) is 0. The van der Waals surface area contributed by atoms with Gasteiger partial charge in [-0.25, -0.2) is 8.78 Å². The van der Waals surface area contributed by atoms with E-state index in [2.05, 4.69) is 10.2 Å². The van der Waals surface area contributed by atoms with Crippen molar-refractivity contribution in [3.63, 3.8) is 0 Å². The molecule has 1 unspecified atom stereocenters. The molecular formula is C15H17F2N3OS. The molecule has 1 N–H and O–H groups in total. The first kappa shape index (κ1) is 15.4. The van der Waals surface area contributed by atoms with Crippen molar-refractivity contribution in [3.8, 4) is 0 Å². The van der Waals surface area contributed by atoms with Gasteiger partial charge in [0.1, 0.15) is 18.2 Å². The Hall–Kier alpha value is -1.47. The van der Waals surface area contributed by atoms with E-state index >= 15 is 0 Å². The zero-order valence-corrected chi connectivity index (χ0v) is 13.0. The molecule has 0 aliphatic heterocycles. The van der Waals surface area contributed by atoms with Crippen molar-refractivity contribution in [1.29, 1.82) is 0 Å². The maximum absolute atomic E-state index is 14.0. The van der Waals surface area contributed by atoms with Crippen LogP contribution in [0, 0.1) is 11.6 Å². The number of aromatic nitrogens is 3. The summed E-state index contributed by atoms with van der Waals surface area (Å²) in [5, 5.41) is 18.0. The van der Waals surface area contributed by atoms with Crippen molar-refractivity contribution in [2.45, 2.75) is 49.2 Å². The van der Waals surface area contributed by atoms with Gasteiger partial charge in [-0.2, -0.15) is 0 Å². The molecule has 2 aromatic rings. The Bertz CT molecular complexity index is 673. The van der Waals surface area contributed by atoms with E-state index in [1.165, 1.54) is 23.9 Å². The number of thioether (sulfide) groups is 1. The highest BCUT2D eigenvalue weighted by Crippen LogP contribution is 2.43. The first-order valence-corrected chi connectivity index (χ1v) is 8.18. The minimum Gasteiger partial charge on any atom is -0.388 e. The minimum atomic E-state index is -0.579. The number of nitrogens with zero attached hydrogens (tertiary/aromatic N) is 3. The van der Waals surface area contributed by atoms with E-state index in [1.807, 2.05) is 11.5 Å². The fourth-order valence-corrected chi connectivity index (χ4v) is 3.65. The van der Waals surface area contributed by atoms with Gasteiger partial charge in [-0.1, -0.05) is 24.8 Å². The number of rotatable bonds is 6. The van der Waals surface area contributed by atoms with Gasteiger partial charge in [0, 0.05) is 22.9 Å². The molecule has 1 atom stereocenters. The second-order valence-electron chi connectivity index (χ2n) is 5.34. The summed E-state index contributed by atoms with van der Waals surface area (Å²) in [6.07, 6.45) is 2.76. The highest BCUT2D eigenvalue weighted by Gasteiger charge is 2.30. The molecule has 0 saturated heterocycles. The number of hydrogen-bond donors (Lipinski definition) is 1. The van der Waals surface area contributed by atoms with E-state index in [4.69, 9.17) is 0 Å². The van der Waals surface area contributed by atoms with Crippen molar-refractivity contribution in [3.05, 3.63) is 41.2 Å². The lowest BCUT2D eigenvalue weighted by atomic mass is 10.1. The van der Waals surface area contributed by atoms with Crippen molar-refractivity contribution >= 4 is 11.8 Å². The van der Waals surface area contributed by atoms with Crippen LogP contribution < -0.4 is 0 Å². The molecule has 0 radical (unpaired) electrons. The molecule has 0 bridgehead atoms.